The molecule has 3 nitrogen and oxygen atoms in total. The van der Waals surface area contributed by atoms with Gasteiger partial charge in [-0.1, -0.05) is 18.2 Å². The van der Waals surface area contributed by atoms with Gasteiger partial charge < -0.3 is 15.3 Å². The summed E-state index contributed by atoms with van der Waals surface area (Å²) in [5.74, 6) is -0.210. The predicted octanol–water partition coefficient (Wildman–Crippen LogP) is 2.78. The molecule has 0 amide bonds. The standard InChI is InChI=1S/C13H12O3/c1-8-2-4-10(12(15)6-8)9-3-5-11(14)13(16)7-9/h2-7,14-16H,1H3. The van der Waals surface area contributed by atoms with Crippen LogP contribution in [0.1, 0.15) is 5.56 Å². The van der Waals surface area contributed by atoms with Crippen LogP contribution >= 0.6 is 0 Å². The highest BCUT2D eigenvalue weighted by atomic mass is 16.3. The molecule has 0 saturated carbocycles. The van der Waals surface area contributed by atoms with Crippen molar-refractivity contribution >= 4 is 0 Å². The largest absolute Gasteiger partial charge is 0.507 e. The molecule has 3 N–H and O–H groups in total. The highest BCUT2D eigenvalue weighted by Crippen LogP contribution is 2.34. The Balaban J connectivity index is 2.54. The summed E-state index contributed by atoms with van der Waals surface area (Å²) in [6, 6.07) is 9.75. The van der Waals surface area contributed by atoms with Gasteiger partial charge >= 0.3 is 0 Å². The summed E-state index contributed by atoms with van der Waals surface area (Å²) < 4.78 is 0. The topological polar surface area (TPSA) is 60.7 Å². The predicted molar refractivity (Wildman–Crippen MR) is 61.6 cm³/mol. The molecule has 0 unspecified atom stereocenters. The van der Waals surface area contributed by atoms with E-state index in [0.29, 0.717) is 11.1 Å². The van der Waals surface area contributed by atoms with Crippen molar-refractivity contribution in [2.75, 3.05) is 0 Å². The second kappa shape index (κ2) is 3.77. The first kappa shape index (κ1) is 10.4. The van der Waals surface area contributed by atoms with Crippen LogP contribution in [0.5, 0.6) is 17.2 Å². The number of phenolic OH excluding ortho intramolecular Hbond substituents is 3. The lowest BCUT2D eigenvalue weighted by molar-refractivity contribution is 0.404. The van der Waals surface area contributed by atoms with E-state index in [1.807, 2.05) is 13.0 Å². The third kappa shape index (κ3) is 1.80. The lowest BCUT2D eigenvalue weighted by Crippen LogP contribution is -1.81. The molecule has 0 saturated heterocycles. The Morgan fingerprint density at radius 1 is 0.750 bits per heavy atom. The summed E-state index contributed by atoms with van der Waals surface area (Å²) in [4.78, 5) is 0. The van der Waals surface area contributed by atoms with Crippen molar-refractivity contribution in [2.45, 2.75) is 6.92 Å². The first-order valence-corrected chi connectivity index (χ1v) is 4.90. The Bertz CT molecular complexity index is 533. The zero-order chi connectivity index (χ0) is 11.7. The Kier molecular flexibility index (Phi) is 2.44. The zero-order valence-corrected chi connectivity index (χ0v) is 8.81. The molecule has 0 heterocycles. The quantitative estimate of drug-likeness (QED) is 0.642. The monoisotopic (exact) mass is 216 g/mol. The van der Waals surface area contributed by atoms with Crippen molar-refractivity contribution in [3.8, 4) is 28.4 Å². The van der Waals surface area contributed by atoms with Crippen LogP contribution in [-0.2, 0) is 0 Å². The maximum Gasteiger partial charge on any atom is 0.158 e. The molecule has 2 rings (SSSR count). The van der Waals surface area contributed by atoms with Gasteiger partial charge in [-0.3, -0.25) is 0 Å². The molecule has 0 aliphatic heterocycles. The van der Waals surface area contributed by atoms with E-state index >= 15 is 0 Å². The molecule has 0 fully saturated rings. The summed E-state index contributed by atoms with van der Waals surface area (Å²) in [6.45, 7) is 1.89. The van der Waals surface area contributed by atoms with Gasteiger partial charge in [0.15, 0.2) is 11.5 Å². The van der Waals surface area contributed by atoms with E-state index in [9.17, 15) is 15.3 Å². The van der Waals surface area contributed by atoms with Crippen LogP contribution < -0.4 is 0 Å². The van der Waals surface area contributed by atoms with Gasteiger partial charge in [-0.05, 0) is 36.2 Å². The molecular formula is C13H12O3. The number of hydrogen-bond donors (Lipinski definition) is 3. The normalized spacial score (nSPS) is 10.3. The van der Waals surface area contributed by atoms with Gasteiger partial charge in [-0.2, -0.15) is 0 Å². The van der Waals surface area contributed by atoms with Crippen LogP contribution in [0.3, 0.4) is 0 Å². The highest BCUT2D eigenvalue weighted by molar-refractivity contribution is 5.72. The molecule has 16 heavy (non-hydrogen) atoms. The van der Waals surface area contributed by atoms with E-state index < -0.39 is 0 Å². The summed E-state index contributed by atoms with van der Waals surface area (Å²) >= 11 is 0. The van der Waals surface area contributed by atoms with Crippen molar-refractivity contribution in [3.05, 3.63) is 42.0 Å². The Labute approximate surface area is 93.2 Å². The van der Waals surface area contributed by atoms with Crippen LogP contribution in [0.2, 0.25) is 0 Å². The first-order chi connectivity index (χ1) is 7.58. The average molecular weight is 216 g/mol. The van der Waals surface area contributed by atoms with Crippen LogP contribution in [-0.4, -0.2) is 15.3 Å². The summed E-state index contributed by atoms with van der Waals surface area (Å²) in [6.07, 6.45) is 0. The average Bonchev–Trinajstić information content (AvgIpc) is 2.22. The van der Waals surface area contributed by atoms with E-state index in [0.717, 1.165) is 5.56 Å². The van der Waals surface area contributed by atoms with Crippen LogP contribution in [0.4, 0.5) is 0 Å². The van der Waals surface area contributed by atoms with Gasteiger partial charge in [0.05, 0.1) is 0 Å². The van der Waals surface area contributed by atoms with Crippen LogP contribution in [0.15, 0.2) is 36.4 Å². The molecule has 0 radical (unpaired) electrons. The minimum Gasteiger partial charge on any atom is -0.507 e. The van der Waals surface area contributed by atoms with E-state index in [2.05, 4.69) is 0 Å². The van der Waals surface area contributed by atoms with Crippen LogP contribution in [0, 0.1) is 6.92 Å². The highest BCUT2D eigenvalue weighted by Gasteiger charge is 2.07. The Hall–Kier alpha value is -2.16. The minimum atomic E-state index is -0.197. The molecule has 0 aliphatic rings. The fraction of sp³-hybridized carbons (Fsp3) is 0.0769. The molecule has 2 aromatic rings. The Morgan fingerprint density at radius 2 is 1.50 bits per heavy atom. The number of benzene rings is 2. The second-order valence-corrected chi connectivity index (χ2v) is 3.72. The van der Waals surface area contributed by atoms with E-state index in [1.54, 1.807) is 18.2 Å². The lowest BCUT2D eigenvalue weighted by Gasteiger charge is -2.07. The van der Waals surface area contributed by atoms with Gasteiger partial charge in [-0.15, -0.1) is 0 Å². The number of rotatable bonds is 1. The smallest absolute Gasteiger partial charge is 0.158 e. The van der Waals surface area contributed by atoms with Crippen LogP contribution in [0.25, 0.3) is 11.1 Å². The molecular weight excluding hydrogens is 204 g/mol. The van der Waals surface area contributed by atoms with Crippen molar-refractivity contribution in [3.63, 3.8) is 0 Å². The van der Waals surface area contributed by atoms with E-state index in [-0.39, 0.29) is 17.2 Å². The van der Waals surface area contributed by atoms with E-state index in [4.69, 9.17) is 0 Å². The maximum absolute atomic E-state index is 9.76. The van der Waals surface area contributed by atoms with E-state index in [1.165, 1.54) is 12.1 Å². The number of hydrogen-bond acceptors (Lipinski definition) is 3. The zero-order valence-electron chi connectivity index (χ0n) is 8.81. The van der Waals surface area contributed by atoms with Gasteiger partial charge in [-0.25, -0.2) is 0 Å². The number of phenols is 3. The van der Waals surface area contributed by atoms with Gasteiger partial charge in [0.1, 0.15) is 5.75 Å². The molecule has 0 spiro atoms. The lowest BCUT2D eigenvalue weighted by atomic mass is 10.0. The molecule has 3 heteroatoms. The molecule has 0 aliphatic carbocycles. The van der Waals surface area contributed by atoms with Crippen molar-refractivity contribution in [1.82, 2.24) is 0 Å². The second-order valence-electron chi connectivity index (χ2n) is 3.72. The SMILES string of the molecule is Cc1ccc(-c2ccc(O)c(O)c2)c(O)c1. The third-order valence-corrected chi connectivity index (χ3v) is 2.44. The summed E-state index contributed by atoms with van der Waals surface area (Å²) in [7, 11) is 0. The minimum absolute atomic E-state index is 0.157. The maximum atomic E-state index is 9.76. The number of aromatic hydroxyl groups is 3. The summed E-state index contributed by atoms with van der Waals surface area (Å²) in [5, 5.41) is 28.3. The molecule has 0 aromatic heterocycles. The van der Waals surface area contributed by atoms with Crippen molar-refractivity contribution in [1.29, 1.82) is 0 Å². The van der Waals surface area contributed by atoms with Crippen molar-refractivity contribution in [2.24, 2.45) is 0 Å². The fourth-order valence-electron chi connectivity index (χ4n) is 1.58. The van der Waals surface area contributed by atoms with Gasteiger partial charge in [0.2, 0.25) is 0 Å². The molecule has 82 valence electrons. The summed E-state index contributed by atoms with van der Waals surface area (Å²) in [5.41, 5.74) is 2.25. The van der Waals surface area contributed by atoms with Gasteiger partial charge in [0, 0.05) is 5.56 Å². The first-order valence-electron chi connectivity index (χ1n) is 4.90. The molecule has 0 atom stereocenters. The van der Waals surface area contributed by atoms with Gasteiger partial charge in [0.25, 0.3) is 0 Å². The van der Waals surface area contributed by atoms with Crippen molar-refractivity contribution < 1.29 is 15.3 Å². The molecule has 2 aromatic carbocycles. The fourth-order valence-corrected chi connectivity index (χ4v) is 1.58. The number of aryl methyl sites for hydroxylation is 1. The third-order valence-electron chi connectivity index (χ3n) is 2.44. The molecule has 0 bridgehead atoms. The Morgan fingerprint density at radius 3 is 2.12 bits per heavy atom.